The van der Waals surface area contributed by atoms with Gasteiger partial charge in [0, 0.05) is 35.2 Å². The number of carbonyl (C=O) groups excluding carboxylic acids is 3. The molecule has 214 valence electrons. The van der Waals surface area contributed by atoms with Crippen molar-refractivity contribution in [2.45, 2.75) is 45.1 Å². The number of hydrogen-bond acceptors (Lipinski definition) is 5. The number of ether oxygens (including phenoxy) is 1. The van der Waals surface area contributed by atoms with E-state index in [0.717, 1.165) is 4.90 Å². The number of halogens is 3. The van der Waals surface area contributed by atoms with Gasteiger partial charge in [-0.2, -0.15) is 0 Å². The second-order valence-corrected chi connectivity index (χ2v) is 11.6. The molecule has 0 aliphatic carbocycles. The number of amides is 2. The number of rotatable bonds is 9. The van der Waals surface area contributed by atoms with Crippen molar-refractivity contribution in [2.75, 3.05) is 12.9 Å². The summed E-state index contributed by atoms with van der Waals surface area (Å²) in [5.41, 5.74) is 0.797. The number of hydrogen-bond donors (Lipinski definition) is 3. The summed E-state index contributed by atoms with van der Waals surface area (Å²) < 4.78 is 46.7. The maximum absolute atomic E-state index is 14.5. The third-order valence-electron chi connectivity index (χ3n) is 6.62. The molecule has 0 saturated carbocycles. The molecule has 4 rings (SSSR count). The standard InChI is InChI=1S/C26H27ClF2N3O7P/c1-14(18-4-3-5-21(27)25(18)29)30-26(35)23-8-16(28)10-32(23)24(34)12-31-11-20(15(2)33)19-7-6-17(9-22(19)31)39-13-40(36,37)38/h3-7,9,11,14,16,23H,8,10,12-13H2,1-2H3,(H,30,35)(H2,36,37,38)/t14-,16-,23+/m1/s1. The molecule has 3 aromatic rings. The second-order valence-electron chi connectivity index (χ2n) is 9.61. The normalized spacial score (nSPS) is 18.1. The van der Waals surface area contributed by atoms with Gasteiger partial charge in [0.15, 0.2) is 12.1 Å². The maximum Gasteiger partial charge on any atom is 0.362 e. The van der Waals surface area contributed by atoms with Crippen LogP contribution in [0.4, 0.5) is 8.78 Å². The third kappa shape index (κ3) is 6.52. The van der Waals surface area contributed by atoms with Crippen LogP contribution in [0.3, 0.4) is 0 Å². The summed E-state index contributed by atoms with van der Waals surface area (Å²) in [5.74, 6) is -2.14. The Hall–Kier alpha value is -3.31. The summed E-state index contributed by atoms with van der Waals surface area (Å²) in [5, 5.41) is 2.99. The fourth-order valence-electron chi connectivity index (χ4n) is 4.72. The molecule has 3 atom stereocenters. The summed E-state index contributed by atoms with van der Waals surface area (Å²) >= 11 is 5.84. The van der Waals surface area contributed by atoms with Gasteiger partial charge in [-0.1, -0.05) is 23.7 Å². The highest BCUT2D eigenvalue weighted by Crippen LogP contribution is 2.35. The van der Waals surface area contributed by atoms with Gasteiger partial charge in [0.25, 0.3) is 0 Å². The predicted octanol–water partition coefficient (Wildman–Crippen LogP) is 3.97. The van der Waals surface area contributed by atoms with E-state index in [0.29, 0.717) is 16.5 Å². The molecule has 0 radical (unpaired) electrons. The van der Waals surface area contributed by atoms with Crippen LogP contribution in [0.2, 0.25) is 5.02 Å². The topological polar surface area (TPSA) is 138 Å². The van der Waals surface area contributed by atoms with E-state index in [1.807, 2.05) is 0 Å². The average molecular weight is 598 g/mol. The smallest absolute Gasteiger partial charge is 0.362 e. The highest BCUT2D eigenvalue weighted by molar-refractivity contribution is 7.51. The molecular formula is C26H27ClF2N3O7P. The summed E-state index contributed by atoms with van der Waals surface area (Å²) in [6.07, 6.45) is -1.12. The molecule has 0 bridgehead atoms. The van der Waals surface area contributed by atoms with E-state index in [4.69, 9.17) is 26.1 Å². The predicted molar refractivity (Wildman–Crippen MR) is 142 cm³/mol. The van der Waals surface area contributed by atoms with Gasteiger partial charge in [0.2, 0.25) is 11.8 Å². The number of nitrogens with one attached hydrogen (secondary N) is 1. The minimum atomic E-state index is -4.45. The highest BCUT2D eigenvalue weighted by Gasteiger charge is 2.40. The lowest BCUT2D eigenvalue weighted by Crippen LogP contribution is -2.47. The fraction of sp³-hybridized carbons (Fsp3) is 0.346. The molecule has 0 unspecified atom stereocenters. The van der Waals surface area contributed by atoms with Crippen molar-refractivity contribution in [1.82, 2.24) is 14.8 Å². The Labute approximate surface area is 233 Å². The molecule has 1 fully saturated rings. The van der Waals surface area contributed by atoms with Crippen molar-refractivity contribution in [2.24, 2.45) is 0 Å². The molecule has 1 aliphatic heterocycles. The summed E-state index contributed by atoms with van der Waals surface area (Å²) in [7, 11) is -4.45. The molecule has 1 saturated heterocycles. The van der Waals surface area contributed by atoms with Crippen molar-refractivity contribution in [3.8, 4) is 5.75 Å². The summed E-state index contributed by atoms with van der Waals surface area (Å²) in [6.45, 7) is 2.20. The number of carbonyl (C=O) groups is 3. The van der Waals surface area contributed by atoms with Crippen LogP contribution in [0.5, 0.6) is 5.75 Å². The van der Waals surface area contributed by atoms with Crippen molar-refractivity contribution >= 4 is 47.7 Å². The van der Waals surface area contributed by atoms with Crippen molar-refractivity contribution in [1.29, 1.82) is 0 Å². The minimum Gasteiger partial charge on any atom is -0.481 e. The van der Waals surface area contributed by atoms with Gasteiger partial charge >= 0.3 is 7.60 Å². The van der Waals surface area contributed by atoms with Crippen molar-refractivity contribution in [3.63, 3.8) is 0 Å². The first-order chi connectivity index (χ1) is 18.7. The number of benzene rings is 2. The largest absolute Gasteiger partial charge is 0.481 e. The van der Waals surface area contributed by atoms with Crippen molar-refractivity contribution in [3.05, 3.63) is 64.6 Å². The van der Waals surface area contributed by atoms with Gasteiger partial charge in [-0.15, -0.1) is 0 Å². The van der Waals surface area contributed by atoms with Gasteiger partial charge in [-0.05, 0) is 32.0 Å². The van der Waals surface area contributed by atoms with Crippen LogP contribution >= 0.6 is 19.2 Å². The van der Waals surface area contributed by atoms with Crippen LogP contribution < -0.4 is 10.1 Å². The number of alkyl halides is 1. The van der Waals surface area contributed by atoms with Gasteiger partial charge < -0.3 is 29.3 Å². The Bertz CT molecular complexity index is 1530. The zero-order chi connectivity index (χ0) is 29.4. The Kier molecular flexibility index (Phi) is 8.65. The van der Waals surface area contributed by atoms with Gasteiger partial charge in [-0.25, -0.2) is 8.78 Å². The van der Waals surface area contributed by atoms with Gasteiger partial charge in [-0.3, -0.25) is 18.9 Å². The molecule has 0 spiro atoms. The number of ketones is 1. The first-order valence-electron chi connectivity index (χ1n) is 12.2. The van der Waals surface area contributed by atoms with E-state index in [-0.39, 0.29) is 41.6 Å². The van der Waals surface area contributed by atoms with E-state index in [1.54, 1.807) is 6.92 Å². The molecule has 10 nitrogen and oxygen atoms in total. The number of aromatic nitrogens is 1. The molecule has 1 aliphatic rings. The zero-order valence-electron chi connectivity index (χ0n) is 21.5. The van der Waals surface area contributed by atoms with E-state index in [2.05, 4.69) is 5.32 Å². The van der Waals surface area contributed by atoms with E-state index >= 15 is 0 Å². The van der Waals surface area contributed by atoms with Crippen LogP contribution in [-0.4, -0.2) is 62.0 Å². The lowest BCUT2D eigenvalue weighted by molar-refractivity contribution is -0.139. The van der Waals surface area contributed by atoms with Crippen LogP contribution in [0.15, 0.2) is 42.6 Å². The molecular weight excluding hydrogens is 571 g/mol. The SMILES string of the molecule is CC(=O)c1cn(CC(=O)N2C[C@H](F)C[C@H]2C(=O)N[C@H](C)c2cccc(Cl)c2F)c2cc(OCP(=O)(O)O)ccc12. The van der Waals surface area contributed by atoms with E-state index in [1.165, 1.54) is 54.1 Å². The number of nitrogens with zero attached hydrogens (tertiary/aromatic N) is 2. The Balaban J connectivity index is 1.56. The summed E-state index contributed by atoms with van der Waals surface area (Å²) in [4.78, 5) is 58.0. The number of likely N-dealkylation sites (tertiary alicyclic amines) is 1. The van der Waals surface area contributed by atoms with Crippen LogP contribution in [0.25, 0.3) is 10.9 Å². The Morgan fingerprint density at radius 2 is 1.98 bits per heavy atom. The molecule has 40 heavy (non-hydrogen) atoms. The first kappa shape index (κ1) is 29.7. The Morgan fingerprint density at radius 3 is 2.65 bits per heavy atom. The maximum atomic E-state index is 14.5. The Morgan fingerprint density at radius 1 is 1.25 bits per heavy atom. The molecule has 2 amide bonds. The molecule has 1 aromatic heterocycles. The molecule has 14 heteroatoms. The molecule has 3 N–H and O–H groups in total. The highest BCUT2D eigenvalue weighted by atomic mass is 35.5. The zero-order valence-corrected chi connectivity index (χ0v) is 23.2. The van der Waals surface area contributed by atoms with Gasteiger partial charge in [0.05, 0.1) is 23.1 Å². The fourth-order valence-corrected chi connectivity index (χ4v) is 5.22. The number of Topliss-reactive ketones (excluding diaryl/α,β-unsaturated/α-hetero) is 1. The summed E-state index contributed by atoms with van der Waals surface area (Å²) in [6, 6.07) is 6.81. The van der Waals surface area contributed by atoms with Crippen LogP contribution in [-0.2, 0) is 20.7 Å². The van der Waals surface area contributed by atoms with Gasteiger partial charge in [0.1, 0.15) is 30.3 Å². The number of fused-ring (bicyclic) bond motifs is 1. The molecule has 2 aromatic carbocycles. The average Bonchev–Trinajstić information content (AvgIpc) is 3.44. The lowest BCUT2D eigenvalue weighted by Gasteiger charge is -2.26. The van der Waals surface area contributed by atoms with Crippen molar-refractivity contribution < 1.29 is 42.3 Å². The molecule has 2 heterocycles. The monoisotopic (exact) mass is 597 g/mol. The minimum absolute atomic E-state index is 0.0993. The third-order valence-corrected chi connectivity index (χ3v) is 7.38. The first-order valence-corrected chi connectivity index (χ1v) is 14.4. The van der Waals surface area contributed by atoms with Crippen LogP contribution in [0, 0.1) is 5.82 Å². The van der Waals surface area contributed by atoms with E-state index in [9.17, 15) is 27.7 Å². The lowest BCUT2D eigenvalue weighted by atomic mass is 10.1. The van der Waals surface area contributed by atoms with Crippen LogP contribution in [0.1, 0.15) is 42.2 Å². The second kappa shape index (κ2) is 11.7. The quantitative estimate of drug-likeness (QED) is 0.251. The van der Waals surface area contributed by atoms with E-state index < -0.39 is 49.8 Å².